The summed E-state index contributed by atoms with van der Waals surface area (Å²) in [6, 6.07) is 7.06. The molecule has 2 aliphatic heterocycles. The number of nitrogens with zero attached hydrogens (tertiary/aromatic N) is 1. The fourth-order valence-electron chi connectivity index (χ4n) is 4.17. The topological polar surface area (TPSA) is 79.6 Å². The van der Waals surface area contributed by atoms with E-state index >= 15 is 0 Å². The minimum absolute atomic E-state index is 0.0144. The number of carbonyl (C=O) groups excluding carboxylic acids is 2. The van der Waals surface area contributed by atoms with E-state index in [1.165, 1.54) is 32.7 Å². The number of ether oxygens (including phenoxy) is 1. The zero-order chi connectivity index (χ0) is 20.6. The molecule has 4 N–H and O–H groups in total. The first-order chi connectivity index (χ1) is 14.1. The Balaban J connectivity index is 1.35. The molecule has 3 amide bonds. The zero-order valence-corrected chi connectivity index (χ0v) is 17.6. The van der Waals surface area contributed by atoms with Crippen LogP contribution in [0.3, 0.4) is 0 Å². The smallest absolute Gasteiger partial charge is 0.315 e. The maximum atomic E-state index is 12.4. The first-order valence-electron chi connectivity index (χ1n) is 10.7. The molecule has 8 nitrogen and oxygen atoms in total. The Hall–Kier alpha value is -2.32. The number of hydrogen-bond acceptors (Lipinski definition) is 3. The van der Waals surface area contributed by atoms with Crippen LogP contribution >= 0.6 is 0 Å². The number of quaternary nitrogens is 2. The molecule has 1 aromatic rings. The predicted molar refractivity (Wildman–Crippen MR) is 112 cm³/mol. The summed E-state index contributed by atoms with van der Waals surface area (Å²) in [4.78, 5) is 29.6. The second-order valence-corrected chi connectivity index (χ2v) is 7.96. The van der Waals surface area contributed by atoms with Gasteiger partial charge in [-0.2, -0.15) is 0 Å². The van der Waals surface area contributed by atoms with E-state index in [2.05, 4.69) is 17.6 Å². The summed E-state index contributed by atoms with van der Waals surface area (Å²) in [5.74, 6) is 0.726. The molecule has 0 radical (unpaired) electrons. The Kier molecular flexibility index (Phi) is 7.71. The summed E-state index contributed by atoms with van der Waals surface area (Å²) < 4.78 is 5.23. The van der Waals surface area contributed by atoms with Crippen molar-refractivity contribution in [1.29, 1.82) is 0 Å². The van der Waals surface area contributed by atoms with Gasteiger partial charge in [-0.3, -0.25) is 4.79 Å². The summed E-state index contributed by atoms with van der Waals surface area (Å²) in [5, 5.41) is 5.87. The molecule has 1 atom stereocenters. The van der Waals surface area contributed by atoms with Crippen molar-refractivity contribution >= 4 is 17.6 Å². The summed E-state index contributed by atoms with van der Waals surface area (Å²) in [6.45, 7) is 10.7. The molecule has 0 aliphatic carbocycles. The van der Waals surface area contributed by atoms with Crippen LogP contribution in [0.2, 0.25) is 0 Å². The molecule has 3 rings (SSSR count). The van der Waals surface area contributed by atoms with Gasteiger partial charge in [0, 0.05) is 37.7 Å². The monoisotopic (exact) mass is 405 g/mol. The Morgan fingerprint density at radius 3 is 2.72 bits per heavy atom. The lowest BCUT2D eigenvalue weighted by Gasteiger charge is -2.29. The van der Waals surface area contributed by atoms with Gasteiger partial charge in [0.1, 0.15) is 31.9 Å². The third kappa shape index (κ3) is 6.08. The second kappa shape index (κ2) is 10.5. The molecule has 0 spiro atoms. The van der Waals surface area contributed by atoms with Gasteiger partial charge in [-0.25, -0.2) is 4.79 Å². The maximum Gasteiger partial charge on any atom is 0.315 e. The third-order valence-corrected chi connectivity index (χ3v) is 5.98. The molecule has 1 aromatic carbocycles. The molecule has 29 heavy (non-hydrogen) atoms. The van der Waals surface area contributed by atoms with E-state index < -0.39 is 0 Å². The number of rotatable bonds is 8. The highest BCUT2D eigenvalue weighted by Crippen LogP contribution is 2.25. The minimum atomic E-state index is -0.189. The van der Waals surface area contributed by atoms with Gasteiger partial charge in [-0.05, 0) is 19.1 Å². The van der Waals surface area contributed by atoms with Gasteiger partial charge in [0.25, 0.3) is 0 Å². The van der Waals surface area contributed by atoms with E-state index in [9.17, 15) is 9.59 Å². The molecule has 0 aromatic heterocycles. The number of nitrogens with one attached hydrogen (secondary N) is 4. The minimum Gasteiger partial charge on any atom is -0.497 e. The Morgan fingerprint density at radius 1 is 1.24 bits per heavy atom. The van der Waals surface area contributed by atoms with E-state index in [0.29, 0.717) is 25.3 Å². The van der Waals surface area contributed by atoms with Crippen LogP contribution in [-0.2, 0) is 4.79 Å². The second-order valence-electron chi connectivity index (χ2n) is 7.96. The number of likely N-dealkylation sites (N-methyl/N-ethyl adjacent to an activating group) is 1. The lowest BCUT2D eigenvalue weighted by Crippen LogP contribution is -3.28. The molecule has 160 valence electrons. The van der Waals surface area contributed by atoms with E-state index in [-0.39, 0.29) is 18.0 Å². The number of benzene rings is 1. The van der Waals surface area contributed by atoms with Crippen LogP contribution in [0.15, 0.2) is 24.3 Å². The summed E-state index contributed by atoms with van der Waals surface area (Å²) in [5.41, 5.74) is 0.798. The van der Waals surface area contributed by atoms with Crippen LogP contribution in [0, 0.1) is 0 Å². The molecule has 0 unspecified atom stereocenters. The molecular weight excluding hydrogens is 370 g/mol. The maximum absolute atomic E-state index is 12.4. The molecule has 0 bridgehead atoms. The van der Waals surface area contributed by atoms with Crippen LogP contribution < -0.4 is 30.1 Å². The van der Waals surface area contributed by atoms with Gasteiger partial charge in [0.2, 0.25) is 5.91 Å². The van der Waals surface area contributed by atoms with E-state index in [1.807, 2.05) is 24.3 Å². The van der Waals surface area contributed by atoms with Gasteiger partial charge < -0.3 is 30.1 Å². The van der Waals surface area contributed by atoms with Crippen LogP contribution in [0.5, 0.6) is 5.75 Å². The number of methoxy groups -OCH3 is 1. The van der Waals surface area contributed by atoms with Crippen LogP contribution in [0.4, 0.5) is 10.5 Å². The Bertz CT molecular complexity index is 691. The van der Waals surface area contributed by atoms with Gasteiger partial charge in [-0.1, -0.05) is 6.07 Å². The largest absolute Gasteiger partial charge is 0.497 e. The fourth-order valence-corrected chi connectivity index (χ4v) is 4.17. The van der Waals surface area contributed by atoms with Crippen LogP contribution in [-0.4, -0.2) is 77.4 Å². The summed E-state index contributed by atoms with van der Waals surface area (Å²) in [6.07, 6.45) is 1.29. The highest BCUT2D eigenvalue weighted by molar-refractivity contribution is 5.97. The average Bonchev–Trinajstić information content (AvgIpc) is 3.11. The number of amides is 3. The van der Waals surface area contributed by atoms with Crippen molar-refractivity contribution in [2.45, 2.75) is 25.8 Å². The number of anilines is 1. The average molecular weight is 406 g/mol. The van der Waals surface area contributed by atoms with Crippen molar-refractivity contribution in [2.24, 2.45) is 0 Å². The highest BCUT2D eigenvalue weighted by Gasteiger charge is 2.31. The first kappa shape index (κ1) is 21.4. The van der Waals surface area contributed by atoms with E-state index in [0.717, 1.165) is 18.7 Å². The van der Waals surface area contributed by atoms with Crippen LogP contribution in [0.1, 0.15) is 19.8 Å². The molecule has 2 aliphatic rings. The number of urea groups is 1. The standard InChI is InChI=1S/C21H33N5O3/c1-3-24-10-12-25(13-11-24)9-5-8-22-21(28)23-17-14-20(27)26(16-17)18-6-4-7-19(15-18)29-2/h4,6-7,15,17H,3,5,8-14,16H2,1-2H3,(H2,22,23,28)/p+2/t17-/m1/s1. The van der Waals surface area contributed by atoms with Crippen molar-refractivity contribution in [1.82, 2.24) is 10.6 Å². The van der Waals surface area contributed by atoms with Gasteiger partial charge in [-0.15, -0.1) is 0 Å². The number of carbonyl (C=O) groups is 2. The molecule has 2 fully saturated rings. The Labute approximate surface area is 173 Å². The number of hydrogen-bond donors (Lipinski definition) is 4. The van der Waals surface area contributed by atoms with Gasteiger partial charge >= 0.3 is 6.03 Å². The molecule has 2 heterocycles. The quantitative estimate of drug-likeness (QED) is 0.389. The third-order valence-electron chi connectivity index (χ3n) is 5.98. The lowest BCUT2D eigenvalue weighted by molar-refractivity contribution is -1.01. The molecule has 0 saturated carbocycles. The van der Waals surface area contributed by atoms with Crippen molar-refractivity contribution in [3.8, 4) is 5.75 Å². The fraction of sp³-hybridized carbons (Fsp3) is 0.619. The highest BCUT2D eigenvalue weighted by atomic mass is 16.5. The van der Waals surface area contributed by atoms with Crippen molar-refractivity contribution in [2.75, 3.05) is 64.4 Å². The summed E-state index contributed by atoms with van der Waals surface area (Å²) >= 11 is 0. The molecular formula is C21H35N5O3+2. The van der Waals surface area contributed by atoms with E-state index in [1.54, 1.807) is 21.8 Å². The van der Waals surface area contributed by atoms with Gasteiger partial charge in [0.05, 0.1) is 26.2 Å². The van der Waals surface area contributed by atoms with Crippen molar-refractivity contribution in [3.05, 3.63) is 24.3 Å². The molecule has 8 heteroatoms. The van der Waals surface area contributed by atoms with Gasteiger partial charge in [0.15, 0.2) is 0 Å². The zero-order valence-electron chi connectivity index (χ0n) is 17.6. The Morgan fingerprint density at radius 2 is 2.00 bits per heavy atom. The first-order valence-corrected chi connectivity index (χ1v) is 10.7. The van der Waals surface area contributed by atoms with E-state index in [4.69, 9.17) is 4.74 Å². The molecule has 2 saturated heterocycles. The SMILES string of the molecule is CC[NH+]1CC[NH+](CCCNC(=O)N[C@@H]2CC(=O)N(c3cccc(OC)c3)C2)CC1. The predicted octanol–water partition coefficient (Wildman–Crippen LogP) is -1.71. The number of piperazine rings is 1. The lowest BCUT2D eigenvalue weighted by atomic mass is 10.2. The van der Waals surface area contributed by atoms with Crippen molar-refractivity contribution < 1.29 is 24.1 Å². The summed E-state index contributed by atoms with van der Waals surface area (Å²) in [7, 11) is 1.60. The van der Waals surface area contributed by atoms with Crippen LogP contribution in [0.25, 0.3) is 0 Å². The normalized spacial score (nSPS) is 24.4. The van der Waals surface area contributed by atoms with Crippen molar-refractivity contribution in [3.63, 3.8) is 0 Å².